The van der Waals surface area contributed by atoms with Crippen molar-refractivity contribution in [3.05, 3.63) is 0 Å². The highest BCUT2D eigenvalue weighted by atomic mass is 32.2. The van der Waals surface area contributed by atoms with E-state index in [-0.39, 0.29) is 11.7 Å². The molecule has 1 N–H and O–H groups in total. The minimum atomic E-state index is -2.87. The number of nitrogens with zero attached hydrogens (tertiary/aromatic N) is 1. The minimum Gasteiger partial charge on any atom is -0.340 e. The summed E-state index contributed by atoms with van der Waals surface area (Å²) in [6.45, 7) is 3.31. The summed E-state index contributed by atoms with van der Waals surface area (Å²) in [7, 11) is -2.87. The molecule has 1 rings (SSSR count). The number of carbonyl (C=O) groups is 1. The number of sulfone groups is 1. The smallest absolute Gasteiger partial charge is 0.223 e. The Kier molecular flexibility index (Phi) is 6.29. The maximum atomic E-state index is 11.7. The van der Waals surface area contributed by atoms with Gasteiger partial charge in [-0.15, -0.1) is 0 Å². The van der Waals surface area contributed by atoms with E-state index >= 15 is 0 Å². The van der Waals surface area contributed by atoms with E-state index in [0.717, 1.165) is 26.2 Å². The molecule has 0 atom stereocenters. The number of thioether (sulfide) groups is 1. The Bertz CT molecular complexity index is 337. The Morgan fingerprint density at radius 3 is 2.53 bits per heavy atom. The number of rotatable bonds is 6. The zero-order valence-electron chi connectivity index (χ0n) is 10.1. The van der Waals surface area contributed by atoms with E-state index in [1.807, 2.05) is 4.90 Å². The SMILES string of the molecule is CS(=O)(=O)CCSCCC(=O)N1CCNCC1. The summed E-state index contributed by atoms with van der Waals surface area (Å²) in [5.41, 5.74) is 0. The van der Waals surface area contributed by atoms with Crippen LogP contribution in [0.4, 0.5) is 0 Å². The third-order valence-electron chi connectivity index (χ3n) is 2.53. The first-order valence-electron chi connectivity index (χ1n) is 5.73. The van der Waals surface area contributed by atoms with Gasteiger partial charge in [0.2, 0.25) is 5.91 Å². The Balaban J connectivity index is 2.07. The van der Waals surface area contributed by atoms with Gasteiger partial charge < -0.3 is 10.2 Å². The van der Waals surface area contributed by atoms with Crippen molar-refractivity contribution in [3.63, 3.8) is 0 Å². The second-order valence-corrected chi connectivity index (χ2v) is 7.61. The van der Waals surface area contributed by atoms with E-state index in [1.165, 1.54) is 18.0 Å². The predicted octanol–water partition coefficient (Wildman–Crippen LogP) is -0.414. The Hall–Kier alpha value is -0.270. The average Bonchev–Trinajstić information content (AvgIpc) is 2.28. The van der Waals surface area contributed by atoms with Crippen LogP contribution in [-0.4, -0.2) is 68.9 Å². The maximum absolute atomic E-state index is 11.7. The summed E-state index contributed by atoms with van der Waals surface area (Å²) < 4.78 is 21.8. The van der Waals surface area contributed by atoms with Crippen molar-refractivity contribution < 1.29 is 13.2 Å². The molecule has 5 nitrogen and oxygen atoms in total. The summed E-state index contributed by atoms with van der Waals surface area (Å²) in [4.78, 5) is 13.6. The molecule has 0 unspecified atom stereocenters. The third-order valence-corrected chi connectivity index (χ3v) is 4.72. The Labute approximate surface area is 107 Å². The summed E-state index contributed by atoms with van der Waals surface area (Å²) in [6, 6.07) is 0. The average molecular weight is 280 g/mol. The van der Waals surface area contributed by atoms with Crippen molar-refractivity contribution in [1.82, 2.24) is 10.2 Å². The van der Waals surface area contributed by atoms with Gasteiger partial charge in [0.1, 0.15) is 9.84 Å². The first-order chi connectivity index (χ1) is 7.99. The Morgan fingerprint density at radius 2 is 1.94 bits per heavy atom. The molecule has 100 valence electrons. The largest absolute Gasteiger partial charge is 0.340 e. The monoisotopic (exact) mass is 280 g/mol. The molecule has 0 aliphatic carbocycles. The molecule has 1 saturated heterocycles. The highest BCUT2D eigenvalue weighted by Gasteiger charge is 2.15. The van der Waals surface area contributed by atoms with Gasteiger partial charge in [-0.3, -0.25) is 4.79 Å². The molecule has 1 aliphatic rings. The van der Waals surface area contributed by atoms with Crippen LogP contribution in [0, 0.1) is 0 Å². The first kappa shape index (κ1) is 14.8. The lowest BCUT2D eigenvalue weighted by molar-refractivity contribution is -0.131. The van der Waals surface area contributed by atoms with Gasteiger partial charge in [-0.1, -0.05) is 0 Å². The van der Waals surface area contributed by atoms with Crippen molar-refractivity contribution in [2.75, 3.05) is 49.7 Å². The van der Waals surface area contributed by atoms with E-state index in [0.29, 0.717) is 17.9 Å². The van der Waals surface area contributed by atoms with Crippen molar-refractivity contribution in [1.29, 1.82) is 0 Å². The second kappa shape index (κ2) is 7.23. The molecule has 1 heterocycles. The van der Waals surface area contributed by atoms with Crippen LogP contribution >= 0.6 is 11.8 Å². The van der Waals surface area contributed by atoms with Gasteiger partial charge in [0.25, 0.3) is 0 Å². The van der Waals surface area contributed by atoms with Crippen LogP contribution in [0.3, 0.4) is 0 Å². The number of piperazine rings is 1. The lowest BCUT2D eigenvalue weighted by Gasteiger charge is -2.27. The van der Waals surface area contributed by atoms with E-state index in [1.54, 1.807) is 0 Å². The van der Waals surface area contributed by atoms with Gasteiger partial charge in [0.05, 0.1) is 5.75 Å². The zero-order valence-corrected chi connectivity index (χ0v) is 11.8. The fourth-order valence-corrected chi connectivity index (χ4v) is 3.75. The minimum absolute atomic E-state index is 0.179. The van der Waals surface area contributed by atoms with Crippen molar-refractivity contribution in [2.24, 2.45) is 0 Å². The number of carbonyl (C=O) groups excluding carboxylic acids is 1. The lowest BCUT2D eigenvalue weighted by Crippen LogP contribution is -2.46. The van der Waals surface area contributed by atoms with Crippen molar-refractivity contribution in [3.8, 4) is 0 Å². The molecule has 0 aromatic carbocycles. The number of hydrogen-bond donors (Lipinski definition) is 1. The highest BCUT2D eigenvalue weighted by Crippen LogP contribution is 2.06. The molecule has 17 heavy (non-hydrogen) atoms. The van der Waals surface area contributed by atoms with Crippen LogP contribution in [0.15, 0.2) is 0 Å². The van der Waals surface area contributed by atoms with Crippen LogP contribution in [0.1, 0.15) is 6.42 Å². The summed E-state index contributed by atoms with van der Waals surface area (Å²) in [6.07, 6.45) is 1.74. The zero-order chi connectivity index (χ0) is 12.7. The fraction of sp³-hybridized carbons (Fsp3) is 0.900. The molecule has 1 fully saturated rings. The molecule has 0 saturated carbocycles. The third kappa shape index (κ3) is 6.90. The highest BCUT2D eigenvalue weighted by molar-refractivity contribution is 8.00. The topological polar surface area (TPSA) is 66.5 Å². The van der Waals surface area contributed by atoms with Gasteiger partial charge in [0.15, 0.2) is 0 Å². The molecular formula is C10H20N2O3S2. The van der Waals surface area contributed by atoms with Gasteiger partial charge in [-0.25, -0.2) is 8.42 Å². The van der Waals surface area contributed by atoms with Crippen LogP contribution in [0.5, 0.6) is 0 Å². The van der Waals surface area contributed by atoms with E-state index in [2.05, 4.69) is 5.32 Å². The summed E-state index contributed by atoms with van der Waals surface area (Å²) in [5, 5.41) is 3.20. The first-order valence-corrected chi connectivity index (χ1v) is 8.94. The van der Waals surface area contributed by atoms with Crippen LogP contribution in [0.2, 0.25) is 0 Å². The van der Waals surface area contributed by atoms with Crippen LogP contribution < -0.4 is 5.32 Å². The van der Waals surface area contributed by atoms with Gasteiger partial charge in [-0.2, -0.15) is 11.8 Å². The maximum Gasteiger partial charge on any atom is 0.223 e. The molecular weight excluding hydrogens is 260 g/mol. The molecule has 0 bridgehead atoms. The molecule has 1 aliphatic heterocycles. The molecule has 0 aromatic heterocycles. The Morgan fingerprint density at radius 1 is 1.29 bits per heavy atom. The summed E-state index contributed by atoms with van der Waals surface area (Å²) >= 11 is 1.53. The van der Waals surface area contributed by atoms with Crippen molar-refractivity contribution >= 4 is 27.5 Å². The van der Waals surface area contributed by atoms with E-state index < -0.39 is 9.84 Å². The standard InChI is InChI=1S/C10H20N2O3S2/c1-17(14,15)9-8-16-7-2-10(13)12-5-3-11-4-6-12/h11H,2-9H2,1H3. The number of nitrogens with one attached hydrogen (secondary N) is 1. The second-order valence-electron chi connectivity index (χ2n) is 4.12. The molecule has 0 radical (unpaired) electrons. The normalized spacial score (nSPS) is 17.1. The van der Waals surface area contributed by atoms with E-state index in [4.69, 9.17) is 0 Å². The van der Waals surface area contributed by atoms with Gasteiger partial charge in [-0.05, 0) is 0 Å². The van der Waals surface area contributed by atoms with Gasteiger partial charge in [0, 0.05) is 50.4 Å². The molecule has 0 spiro atoms. The quantitative estimate of drug-likeness (QED) is 0.670. The lowest BCUT2D eigenvalue weighted by atomic mass is 10.3. The fourth-order valence-electron chi connectivity index (χ4n) is 1.54. The number of amides is 1. The van der Waals surface area contributed by atoms with Gasteiger partial charge >= 0.3 is 0 Å². The van der Waals surface area contributed by atoms with Crippen LogP contribution in [0.25, 0.3) is 0 Å². The van der Waals surface area contributed by atoms with E-state index in [9.17, 15) is 13.2 Å². The predicted molar refractivity (Wildman–Crippen MR) is 71.1 cm³/mol. The molecule has 7 heteroatoms. The van der Waals surface area contributed by atoms with Crippen molar-refractivity contribution in [2.45, 2.75) is 6.42 Å². The summed E-state index contributed by atoms with van der Waals surface area (Å²) in [5.74, 6) is 1.66. The molecule has 0 aromatic rings. The van der Waals surface area contributed by atoms with Crippen LogP contribution in [-0.2, 0) is 14.6 Å². The number of hydrogen-bond acceptors (Lipinski definition) is 5. The molecule has 1 amide bonds.